The van der Waals surface area contributed by atoms with Gasteiger partial charge in [0.1, 0.15) is 0 Å². The summed E-state index contributed by atoms with van der Waals surface area (Å²) in [5, 5.41) is 5.51. The summed E-state index contributed by atoms with van der Waals surface area (Å²) in [5.41, 5.74) is 1.35. The fourth-order valence-corrected chi connectivity index (χ4v) is 3.13. The van der Waals surface area contributed by atoms with Crippen molar-refractivity contribution in [2.75, 3.05) is 37.5 Å². The summed E-state index contributed by atoms with van der Waals surface area (Å²) in [4.78, 5) is 25.6. The molecule has 0 aromatic heterocycles. The lowest BCUT2D eigenvalue weighted by Gasteiger charge is -2.13. The molecule has 0 aliphatic heterocycles. The smallest absolute Gasteiger partial charge is 0.253 e. The van der Waals surface area contributed by atoms with Gasteiger partial charge >= 0.3 is 0 Å². The van der Waals surface area contributed by atoms with E-state index in [4.69, 9.17) is 0 Å². The molecule has 0 atom stereocenters. The summed E-state index contributed by atoms with van der Waals surface area (Å²) in [6.07, 6.45) is 1.09. The van der Waals surface area contributed by atoms with Crippen molar-refractivity contribution in [2.45, 2.75) is 4.90 Å². The third-order valence-electron chi connectivity index (χ3n) is 3.53. The molecular weight excluding hydrogens is 354 g/mol. The second kappa shape index (κ2) is 8.01. The van der Waals surface area contributed by atoms with Crippen molar-refractivity contribution < 1.29 is 18.0 Å². The first-order chi connectivity index (χ1) is 12.2. The highest BCUT2D eigenvalue weighted by Crippen LogP contribution is 2.20. The molecule has 2 amide bonds. The monoisotopic (exact) mass is 375 g/mol. The van der Waals surface area contributed by atoms with Gasteiger partial charge in [-0.15, -0.1) is 0 Å². The highest BCUT2D eigenvalue weighted by molar-refractivity contribution is 7.90. The molecule has 2 N–H and O–H groups in total. The van der Waals surface area contributed by atoms with Gasteiger partial charge in [0.05, 0.1) is 17.1 Å². The van der Waals surface area contributed by atoms with Gasteiger partial charge in [-0.25, -0.2) is 8.42 Å². The molecule has 2 aromatic rings. The molecule has 0 fully saturated rings. The molecule has 0 aliphatic rings. The van der Waals surface area contributed by atoms with Gasteiger partial charge in [0.15, 0.2) is 9.84 Å². The molecule has 26 heavy (non-hydrogen) atoms. The number of hydrogen-bond acceptors (Lipinski definition) is 5. The third kappa shape index (κ3) is 5.06. The lowest BCUT2D eigenvalue weighted by Crippen LogP contribution is -2.23. The number of anilines is 2. The Kier molecular flexibility index (Phi) is 5.99. The molecular formula is C18H21N3O4S. The van der Waals surface area contributed by atoms with Crippen molar-refractivity contribution in [1.82, 2.24) is 4.90 Å². The van der Waals surface area contributed by atoms with Crippen LogP contribution in [0.4, 0.5) is 11.4 Å². The van der Waals surface area contributed by atoms with E-state index in [-0.39, 0.29) is 23.0 Å². The lowest BCUT2D eigenvalue weighted by atomic mass is 10.2. The Balaban J connectivity index is 2.05. The quantitative estimate of drug-likeness (QED) is 0.803. The van der Waals surface area contributed by atoms with E-state index >= 15 is 0 Å². The Morgan fingerprint density at radius 2 is 1.73 bits per heavy atom. The molecule has 0 radical (unpaired) electrons. The van der Waals surface area contributed by atoms with Gasteiger partial charge in [-0.3, -0.25) is 9.59 Å². The molecule has 0 spiro atoms. The number of nitrogens with one attached hydrogen (secondary N) is 2. The molecule has 2 aromatic carbocycles. The first-order valence-electron chi connectivity index (χ1n) is 7.83. The summed E-state index contributed by atoms with van der Waals surface area (Å²) in [6, 6.07) is 13.0. The minimum atomic E-state index is -3.45. The van der Waals surface area contributed by atoms with Crippen molar-refractivity contribution in [3.63, 3.8) is 0 Å². The summed E-state index contributed by atoms with van der Waals surface area (Å²) < 4.78 is 23.5. The van der Waals surface area contributed by atoms with Crippen molar-refractivity contribution in [2.24, 2.45) is 0 Å². The number of para-hydroxylation sites is 1. The van der Waals surface area contributed by atoms with E-state index in [1.54, 1.807) is 50.5 Å². The maximum Gasteiger partial charge on any atom is 0.253 e. The largest absolute Gasteiger partial charge is 0.376 e. The SMILES string of the molecule is CN(C)C(=O)c1cccc(NCC(=O)Nc2ccccc2S(C)(=O)=O)c1. The minimum absolute atomic E-state index is 0.0620. The second-order valence-electron chi connectivity index (χ2n) is 5.95. The van der Waals surface area contributed by atoms with Crippen LogP contribution in [-0.4, -0.2) is 52.0 Å². The van der Waals surface area contributed by atoms with E-state index in [9.17, 15) is 18.0 Å². The average molecular weight is 375 g/mol. The number of carbonyl (C=O) groups is 2. The fourth-order valence-electron chi connectivity index (χ4n) is 2.29. The Hall–Kier alpha value is -2.87. The van der Waals surface area contributed by atoms with Gasteiger partial charge < -0.3 is 15.5 Å². The number of hydrogen-bond donors (Lipinski definition) is 2. The van der Waals surface area contributed by atoms with Crippen LogP contribution in [-0.2, 0) is 14.6 Å². The van der Waals surface area contributed by atoms with Crippen LogP contribution in [0, 0.1) is 0 Å². The van der Waals surface area contributed by atoms with Crippen LogP contribution >= 0.6 is 0 Å². The second-order valence-corrected chi connectivity index (χ2v) is 7.93. The number of sulfone groups is 1. The third-order valence-corrected chi connectivity index (χ3v) is 4.68. The van der Waals surface area contributed by atoms with Crippen molar-refractivity contribution in [1.29, 1.82) is 0 Å². The summed E-state index contributed by atoms with van der Waals surface area (Å²) in [5.74, 6) is -0.536. The van der Waals surface area contributed by atoms with Crippen molar-refractivity contribution >= 4 is 33.0 Å². The predicted molar refractivity (Wildman–Crippen MR) is 101 cm³/mol. The van der Waals surface area contributed by atoms with Gasteiger partial charge in [0.2, 0.25) is 5.91 Å². The van der Waals surface area contributed by atoms with Crippen molar-refractivity contribution in [3.8, 4) is 0 Å². The maximum absolute atomic E-state index is 12.1. The minimum Gasteiger partial charge on any atom is -0.376 e. The van der Waals surface area contributed by atoms with Crippen LogP contribution < -0.4 is 10.6 Å². The van der Waals surface area contributed by atoms with E-state index in [1.807, 2.05) is 0 Å². The molecule has 0 bridgehead atoms. The molecule has 138 valence electrons. The highest BCUT2D eigenvalue weighted by atomic mass is 32.2. The topological polar surface area (TPSA) is 95.6 Å². The Bertz CT molecular complexity index is 924. The molecule has 0 heterocycles. The highest BCUT2D eigenvalue weighted by Gasteiger charge is 2.14. The zero-order valence-corrected chi connectivity index (χ0v) is 15.6. The summed E-state index contributed by atoms with van der Waals surface area (Å²) in [7, 11) is -0.123. The fraction of sp³-hybridized carbons (Fsp3) is 0.222. The first-order valence-corrected chi connectivity index (χ1v) is 9.72. The zero-order valence-electron chi connectivity index (χ0n) is 14.8. The first kappa shape index (κ1) is 19.5. The van der Waals surface area contributed by atoms with Crippen LogP contribution in [0.15, 0.2) is 53.4 Å². The van der Waals surface area contributed by atoms with Gasteiger partial charge in [-0.1, -0.05) is 18.2 Å². The van der Waals surface area contributed by atoms with Gasteiger partial charge in [0, 0.05) is 31.6 Å². The number of rotatable bonds is 6. The van der Waals surface area contributed by atoms with E-state index in [2.05, 4.69) is 10.6 Å². The standard InChI is InChI=1S/C18H21N3O4S/c1-21(2)18(23)13-7-6-8-14(11-13)19-12-17(22)20-15-9-4-5-10-16(15)26(3,24)25/h4-11,19H,12H2,1-3H3,(H,20,22). The molecule has 2 rings (SSSR count). The van der Waals surface area contributed by atoms with E-state index in [1.165, 1.54) is 17.0 Å². The molecule has 0 saturated carbocycles. The summed E-state index contributed by atoms with van der Waals surface area (Å²) >= 11 is 0. The van der Waals surface area contributed by atoms with Crippen LogP contribution in [0.2, 0.25) is 0 Å². The van der Waals surface area contributed by atoms with Gasteiger partial charge in [-0.2, -0.15) is 0 Å². The number of carbonyl (C=O) groups excluding carboxylic acids is 2. The van der Waals surface area contributed by atoms with Crippen LogP contribution in [0.3, 0.4) is 0 Å². The van der Waals surface area contributed by atoms with Gasteiger partial charge in [-0.05, 0) is 30.3 Å². The number of nitrogens with zero attached hydrogens (tertiary/aromatic N) is 1. The molecule has 8 heteroatoms. The van der Waals surface area contributed by atoms with E-state index in [0.29, 0.717) is 11.3 Å². The van der Waals surface area contributed by atoms with Crippen molar-refractivity contribution in [3.05, 3.63) is 54.1 Å². The molecule has 0 aliphatic carbocycles. The van der Waals surface area contributed by atoms with Crippen LogP contribution in [0.25, 0.3) is 0 Å². The van der Waals surface area contributed by atoms with E-state index < -0.39 is 15.7 Å². The predicted octanol–water partition coefficient (Wildman–Crippen LogP) is 1.84. The number of amides is 2. The average Bonchev–Trinajstić information content (AvgIpc) is 2.59. The zero-order chi connectivity index (χ0) is 19.3. The molecule has 7 nitrogen and oxygen atoms in total. The Labute approximate surface area is 152 Å². The molecule has 0 unspecified atom stereocenters. The molecule has 0 saturated heterocycles. The summed E-state index contributed by atoms with van der Waals surface area (Å²) in [6.45, 7) is -0.0717. The number of benzene rings is 2. The Morgan fingerprint density at radius 1 is 1.04 bits per heavy atom. The van der Waals surface area contributed by atoms with Crippen LogP contribution in [0.5, 0.6) is 0 Å². The van der Waals surface area contributed by atoms with Gasteiger partial charge in [0.25, 0.3) is 5.91 Å². The lowest BCUT2D eigenvalue weighted by molar-refractivity contribution is -0.114. The normalized spacial score (nSPS) is 10.9. The maximum atomic E-state index is 12.1. The Morgan fingerprint density at radius 3 is 2.38 bits per heavy atom. The van der Waals surface area contributed by atoms with Crippen LogP contribution in [0.1, 0.15) is 10.4 Å². The van der Waals surface area contributed by atoms with E-state index in [0.717, 1.165) is 6.26 Å².